The number of hydrogen-bond acceptors (Lipinski definition) is 12. The van der Waals surface area contributed by atoms with E-state index in [4.69, 9.17) is 16.2 Å². The van der Waals surface area contributed by atoms with E-state index in [9.17, 15) is 43.8 Å². The molecule has 0 aromatic heterocycles. The summed E-state index contributed by atoms with van der Waals surface area (Å²) in [5.74, 6) is -17.1. The fraction of sp³-hybridized carbons (Fsp3) is 0.536. The van der Waals surface area contributed by atoms with Gasteiger partial charge >= 0.3 is 6.09 Å². The smallest absolute Gasteiger partial charge is 0.404 e. The van der Waals surface area contributed by atoms with Gasteiger partial charge in [-0.1, -0.05) is 0 Å². The number of fused-ring (bicyclic) bond motifs is 3. The summed E-state index contributed by atoms with van der Waals surface area (Å²) in [6.07, 6.45) is -3.80. The number of phenolic OH excluding ortho intramolecular Hbond substituents is 1. The summed E-state index contributed by atoms with van der Waals surface area (Å²) in [6.45, 7) is 5.13. The average Bonchev–Trinajstić information content (AvgIpc) is 2.88. The molecule has 3 amide bonds. The lowest BCUT2D eigenvalue weighted by molar-refractivity contribution is -0.195. The minimum Gasteiger partial charge on any atom is -0.505 e. The van der Waals surface area contributed by atoms with E-state index in [0.717, 1.165) is 6.07 Å². The third kappa shape index (κ3) is 5.11. The fourth-order valence-electron chi connectivity index (χ4n) is 6.54. The SMILES string of the molecule is CN(C)[C@@H]1C(=O)C(C(N)=O)C(=O)[C@@]2(O)C(=O)C3C(=O)c4c(O)c(NC(=O)CNC(C)(C)C)cc(F)c4C[C@H]3[C@H](OC(N)=O)[C@@H]12. The first-order valence-electron chi connectivity index (χ1n) is 13.6. The van der Waals surface area contributed by atoms with Crippen LogP contribution in [0.5, 0.6) is 5.75 Å². The van der Waals surface area contributed by atoms with Crippen molar-refractivity contribution in [2.24, 2.45) is 35.1 Å². The number of Topliss-reactive ketones (excluding diaryl/α,β-unsaturated/α-hetero) is 4. The molecule has 2 unspecified atom stereocenters. The lowest BCUT2D eigenvalue weighted by atomic mass is 9.51. The van der Waals surface area contributed by atoms with Gasteiger partial charge in [-0.25, -0.2) is 9.18 Å². The number of ether oxygens (including phenoxy) is 1. The molecule has 1 aromatic carbocycles. The average molecular weight is 620 g/mol. The maximum absolute atomic E-state index is 15.6. The number of amides is 3. The third-order valence-corrected chi connectivity index (χ3v) is 8.37. The molecule has 0 radical (unpaired) electrons. The zero-order chi connectivity index (χ0) is 33.2. The van der Waals surface area contributed by atoms with E-state index in [1.54, 1.807) is 20.8 Å². The number of aliphatic hydroxyl groups is 1. The third-order valence-electron chi connectivity index (χ3n) is 8.37. The zero-order valence-electron chi connectivity index (χ0n) is 24.6. The summed E-state index contributed by atoms with van der Waals surface area (Å²) in [5.41, 5.74) is 5.28. The predicted molar refractivity (Wildman–Crippen MR) is 148 cm³/mol. The highest BCUT2D eigenvalue weighted by atomic mass is 19.1. The van der Waals surface area contributed by atoms with Crippen LogP contribution in [0.1, 0.15) is 36.7 Å². The second kappa shape index (κ2) is 11.0. The van der Waals surface area contributed by atoms with Gasteiger partial charge in [-0.05, 0) is 41.3 Å². The lowest BCUT2D eigenvalue weighted by Crippen LogP contribution is -2.78. The van der Waals surface area contributed by atoms with Gasteiger partial charge in [-0.3, -0.25) is 33.7 Å². The van der Waals surface area contributed by atoms with Crippen molar-refractivity contribution in [2.45, 2.75) is 50.5 Å². The van der Waals surface area contributed by atoms with Crippen LogP contribution < -0.4 is 22.1 Å². The van der Waals surface area contributed by atoms with E-state index < -0.39 is 123 Å². The number of nitrogens with two attached hydrogens (primary N) is 2. The number of rotatable bonds is 6. The minimum absolute atomic E-state index is 0.242. The largest absolute Gasteiger partial charge is 0.505 e. The molecule has 7 atom stereocenters. The molecular formula is C28H34FN5O10. The van der Waals surface area contributed by atoms with Crippen molar-refractivity contribution in [1.82, 2.24) is 10.2 Å². The van der Waals surface area contributed by atoms with E-state index in [2.05, 4.69) is 10.6 Å². The number of nitrogens with zero attached hydrogens (tertiary/aromatic N) is 1. The normalized spacial score (nSPS) is 29.9. The van der Waals surface area contributed by atoms with E-state index in [0.29, 0.717) is 0 Å². The number of phenols is 1. The number of benzene rings is 1. The van der Waals surface area contributed by atoms with Crippen molar-refractivity contribution in [2.75, 3.05) is 26.0 Å². The van der Waals surface area contributed by atoms with Crippen LogP contribution in [0, 0.1) is 29.5 Å². The number of carbonyl (C=O) groups excluding carboxylic acids is 7. The number of primary amides is 2. The van der Waals surface area contributed by atoms with E-state index in [1.807, 2.05) is 0 Å². The standard InChI is InChI=1S/C28H34FN5O10/c1-27(2,3)32-8-13(35)33-12-7-11(29)9-6-10-15(20(37)14(9)19(12)36)23(39)28(43)17(22(10)44-26(31)42)18(34(4)5)21(38)16(24(28)40)25(30)41/h7,10,15-18,22,32,36,43H,6,8H2,1-5H3,(H2,30,41)(H2,31,42)(H,33,35)/t10-,15?,16?,17-,18+,22+,28+/m1/s1. The minimum atomic E-state index is -3.25. The van der Waals surface area contributed by atoms with Crippen molar-refractivity contribution in [3.63, 3.8) is 0 Å². The summed E-state index contributed by atoms with van der Waals surface area (Å²) in [5, 5.41) is 28.1. The van der Waals surface area contributed by atoms with Gasteiger partial charge < -0.3 is 37.1 Å². The molecule has 0 heterocycles. The molecule has 44 heavy (non-hydrogen) atoms. The first kappa shape index (κ1) is 32.6. The Morgan fingerprint density at radius 3 is 2.27 bits per heavy atom. The fourth-order valence-corrected chi connectivity index (χ4v) is 6.54. The van der Waals surface area contributed by atoms with E-state index in [1.165, 1.54) is 19.0 Å². The van der Waals surface area contributed by atoms with Crippen molar-refractivity contribution >= 4 is 46.7 Å². The molecular weight excluding hydrogens is 585 g/mol. The molecule has 15 nitrogen and oxygen atoms in total. The van der Waals surface area contributed by atoms with Crippen LogP contribution >= 0.6 is 0 Å². The van der Waals surface area contributed by atoms with Gasteiger partial charge in [0.1, 0.15) is 17.7 Å². The summed E-state index contributed by atoms with van der Waals surface area (Å²) in [7, 11) is 2.67. The van der Waals surface area contributed by atoms with Crippen LogP contribution in [0.2, 0.25) is 0 Å². The first-order valence-corrected chi connectivity index (χ1v) is 13.6. The highest BCUT2D eigenvalue weighted by Gasteiger charge is 2.73. The van der Waals surface area contributed by atoms with Crippen LogP contribution in [-0.4, -0.2) is 100 Å². The number of carbonyl (C=O) groups is 7. The Morgan fingerprint density at radius 2 is 1.75 bits per heavy atom. The lowest BCUT2D eigenvalue weighted by Gasteiger charge is -2.55. The monoisotopic (exact) mass is 619 g/mol. The Hall–Kier alpha value is -4.28. The van der Waals surface area contributed by atoms with Gasteiger partial charge in [0.05, 0.1) is 35.7 Å². The Bertz CT molecular complexity index is 1500. The number of halogens is 1. The Kier molecular flexibility index (Phi) is 8.17. The molecule has 238 valence electrons. The van der Waals surface area contributed by atoms with Gasteiger partial charge in [-0.2, -0.15) is 0 Å². The van der Waals surface area contributed by atoms with Crippen LogP contribution in [0.3, 0.4) is 0 Å². The topological polar surface area (TPSA) is 249 Å². The number of anilines is 1. The summed E-state index contributed by atoms with van der Waals surface area (Å²) in [4.78, 5) is 92.8. The molecule has 8 N–H and O–H groups in total. The van der Waals surface area contributed by atoms with Gasteiger partial charge in [0, 0.05) is 23.1 Å². The summed E-state index contributed by atoms with van der Waals surface area (Å²) in [6, 6.07) is -0.839. The zero-order valence-corrected chi connectivity index (χ0v) is 24.6. The van der Waals surface area contributed by atoms with Crippen LogP contribution in [0.15, 0.2) is 6.07 Å². The van der Waals surface area contributed by atoms with Crippen LogP contribution in [0.25, 0.3) is 0 Å². The molecule has 2 fully saturated rings. The summed E-state index contributed by atoms with van der Waals surface area (Å²) >= 11 is 0. The molecule has 3 aliphatic carbocycles. The molecule has 16 heteroatoms. The molecule has 1 aromatic rings. The van der Waals surface area contributed by atoms with Crippen molar-refractivity contribution < 1.29 is 52.9 Å². The first-order chi connectivity index (χ1) is 20.2. The molecule has 2 saturated carbocycles. The summed E-state index contributed by atoms with van der Waals surface area (Å²) < 4.78 is 20.8. The predicted octanol–water partition coefficient (Wildman–Crippen LogP) is -1.59. The second-order valence-corrected chi connectivity index (χ2v) is 12.5. The number of ketones is 4. The number of hydrogen-bond donors (Lipinski definition) is 6. The van der Waals surface area contributed by atoms with Crippen molar-refractivity contribution in [1.29, 1.82) is 0 Å². The number of nitrogens with one attached hydrogen (secondary N) is 2. The van der Waals surface area contributed by atoms with Crippen molar-refractivity contribution in [3.8, 4) is 5.75 Å². The van der Waals surface area contributed by atoms with E-state index >= 15 is 4.39 Å². The Balaban J connectivity index is 1.87. The van der Waals surface area contributed by atoms with Crippen LogP contribution in [-0.2, 0) is 35.1 Å². The van der Waals surface area contributed by atoms with Gasteiger partial charge in [0.2, 0.25) is 11.8 Å². The maximum Gasteiger partial charge on any atom is 0.404 e. The quantitative estimate of drug-likeness (QED) is 0.156. The van der Waals surface area contributed by atoms with Gasteiger partial charge in [0.25, 0.3) is 0 Å². The molecule has 0 bridgehead atoms. The Morgan fingerprint density at radius 1 is 1.14 bits per heavy atom. The number of aromatic hydroxyl groups is 1. The highest BCUT2D eigenvalue weighted by molar-refractivity contribution is 6.32. The molecule has 4 rings (SSSR count). The van der Waals surface area contributed by atoms with Crippen LogP contribution in [0.4, 0.5) is 14.9 Å². The highest BCUT2D eigenvalue weighted by Crippen LogP contribution is 2.52. The molecule has 0 spiro atoms. The number of likely N-dealkylation sites (N-methyl/N-ethyl adjacent to an activating group) is 1. The van der Waals surface area contributed by atoms with E-state index in [-0.39, 0.29) is 6.54 Å². The van der Waals surface area contributed by atoms with Gasteiger partial charge in [-0.15, -0.1) is 0 Å². The van der Waals surface area contributed by atoms with Crippen molar-refractivity contribution in [3.05, 3.63) is 23.0 Å². The molecule has 3 aliphatic rings. The maximum atomic E-state index is 15.6. The molecule has 0 aliphatic heterocycles. The van der Waals surface area contributed by atoms with Gasteiger partial charge in [0.15, 0.2) is 34.7 Å². The Labute approximate surface area is 250 Å². The molecule has 0 saturated heterocycles. The second-order valence-electron chi connectivity index (χ2n) is 12.5.